The fourth-order valence-corrected chi connectivity index (χ4v) is 3.38. The van der Waals surface area contributed by atoms with Crippen LogP contribution in [-0.2, 0) is 0 Å². The number of benzene rings is 1. The molecule has 148 valence electrons. The molecule has 3 heteroatoms. The zero-order valence-corrected chi connectivity index (χ0v) is 17.1. The summed E-state index contributed by atoms with van der Waals surface area (Å²) in [4.78, 5) is 0. The predicted molar refractivity (Wildman–Crippen MR) is 111 cm³/mol. The van der Waals surface area contributed by atoms with E-state index >= 15 is 0 Å². The molecule has 0 radical (unpaired) electrons. The third-order valence-electron chi connectivity index (χ3n) is 5.03. The van der Waals surface area contributed by atoms with E-state index in [-0.39, 0.29) is 5.75 Å². The second-order valence-electron chi connectivity index (χ2n) is 8.04. The molecular weight excluding hydrogens is 322 g/mol. The lowest BCUT2D eigenvalue weighted by atomic mass is 10.00. The summed E-state index contributed by atoms with van der Waals surface area (Å²) in [6, 6.07) is 5.48. The van der Waals surface area contributed by atoms with Gasteiger partial charge >= 0.3 is 0 Å². The monoisotopic (exact) mass is 361 g/mol. The Balaban J connectivity index is 2.04. The van der Waals surface area contributed by atoms with E-state index in [1.165, 1.54) is 57.8 Å². The highest BCUT2D eigenvalue weighted by Crippen LogP contribution is 2.22. The first-order valence-corrected chi connectivity index (χ1v) is 10.6. The first-order chi connectivity index (χ1) is 12.5. The van der Waals surface area contributed by atoms with Gasteiger partial charge in [0.2, 0.25) is 0 Å². The molecular formula is C23H39NO2. The zero-order valence-electron chi connectivity index (χ0n) is 17.1. The van der Waals surface area contributed by atoms with Crippen molar-refractivity contribution in [3.63, 3.8) is 0 Å². The van der Waals surface area contributed by atoms with Gasteiger partial charge in [-0.2, -0.15) is 0 Å². The highest BCUT2D eigenvalue weighted by Gasteiger charge is 2.09. The molecule has 0 unspecified atom stereocenters. The Labute approximate surface area is 160 Å². The average molecular weight is 362 g/mol. The fourth-order valence-electron chi connectivity index (χ4n) is 3.38. The SMILES string of the molecule is Cc1ccc(/C(CCCCCCCCCCCCC(C)C)=N\O)c(O)c1. The maximum atomic E-state index is 10.0. The molecule has 0 saturated carbocycles. The molecule has 0 amide bonds. The zero-order chi connectivity index (χ0) is 19.2. The van der Waals surface area contributed by atoms with Crippen molar-refractivity contribution in [3.05, 3.63) is 29.3 Å². The quantitative estimate of drug-likeness (QED) is 0.159. The number of hydrogen-bond donors (Lipinski definition) is 2. The van der Waals surface area contributed by atoms with Crippen molar-refractivity contribution in [2.45, 2.75) is 97.8 Å². The number of rotatable bonds is 14. The van der Waals surface area contributed by atoms with Gasteiger partial charge in [-0.15, -0.1) is 0 Å². The van der Waals surface area contributed by atoms with Crippen LogP contribution >= 0.6 is 0 Å². The minimum absolute atomic E-state index is 0.200. The van der Waals surface area contributed by atoms with Crippen molar-refractivity contribution in [1.82, 2.24) is 0 Å². The van der Waals surface area contributed by atoms with Crippen LogP contribution in [-0.4, -0.2) is 16.0 Å². The Morgan fingerprint density at radius 2 is 1.42 bits per heavy atom. The molecule has 0 aliphatic heterocycles. The molecule has 26 heavy (non-hydrogen) atoms. The van der Waals surface area contributed by atoms with Crippen molar-refractivity contribution in [2.24, 2.45) is 11.1 Å². The molecule has 3 nitrogen and oxygen atoms in total. The summed E-state index contributed by atoms with van der Waals surface area (Å²) in [6.45, 7) is 6.54. The Kier molecular flexibility index (Phi) is 11.8. The minimum atomic E-state index is 0.200. The highest BCUT2D eigenvalue weighted by molar-refractivity contribution is 6.02. The van der Waals surface area contributed by atoms with Gasteiger partial charge < -0.3 is 10.3 Å². The van der Waals surface area contributed by atoms with E-state index in [4.69, 9.17) is 0 Å². The number of nitrogens with zero attached hydrogens (tertiary/aromatic N) is 1. The van der Waals surface area contributed by atoms with Crippen LogP contribution in [0, 0.1) is 12.8 Å². The van der Waals surface area contributed by atoms with Crippen LogP contribution < -0.4 is 0 Å². The molecule has 2 N–H and O–H groups in total. The van der Waals surface area contributed by atoms with Gasteiger partial charge in [0, 0.05) is 5.56 Å². The number of aryl methyl sites for hydroxylation is 1. The molecule has 0 aromatic heterocycles. The lowest BCUT2D eigenvalue weighted by molar-refractivity contribution is 0.317. The summed E-state index contributed by atoms with van der Waals surface area (Å²) in [6.07, 6.45) is 15.0. The number of hydrogen-bond acceptors (Lipinski definition) is 3. The number of unbranched alkanes of at least 4 members (excludes halogenated alkanes) is 9. The van der Waals surface area contributed by atoms with E-state index in [0.29, 0.717) is 17.7 Å². The molecule has 0 atom stereocenters. The largest absolute Gasteiger partial charge is 0.507 e. The van der Waals surface area contributed by atoms with Crippen LogP contribution in [0.1, 0.15) is 102 Å². The van der Waals surface area contributed by atoms with E-state index in [1.54, 1.807) is 6.07 Å². The van der Waals surface area contributed by atoms with Gasteiger partial charge in [-0.05, 0) is 43.4 Å². The first kappa shape index (κ1) is 22.5. The van der Waals surface area contributed by atoms with Crippen molar-refractivity contribution < 1.29 is 10.3 Å². The van der Waals surface area contributed by atoms with Crippen molar-refractivity contribution >= 4 is 5.71 Å². The number of phenolic OH excluding ortho intramolecular Hbond substituents is 1. The lowest BCUT2D eigenvalue weighted by Gasteiger charge is -2.08. The summed E-state index contributed by atoms with van der Waals surface area (Å²) < 4.78 is 0. The maximum absolute atomic E-state index is 10.0. The van der Waals surface area contributed by atoms with Crippen molar-refractivity contribution in [1.29, 1.82) is 0 Å². The standard InChI is InChI=1S/C23H39NO2/c1-19(2)14-12-10-8-6-4-5-7-9-11-13-15-22(24-26)21-17-16-20(3)18-23(21)25/h16-19,25-26H,4-15H2,1-3H3/b24-22-. The molecule has 1 aromatic carbocycles. The fraction of sp³-hybridized carbons (Fsp3) is 0.696. The third kappa shape index (κ3) is 9.84. The summed E-state index contributed by atoms with van der Waals surface area (Å²) in [5, 5.41) is 22.6. The van der Waals surface area contributed by atoms with Gasteiger partial charge in [0.25, 0.3) is 0 Å². The lowest BCUT2D eigenvalue weighted by Crippen LogP contribution is -2.02. The van der Waals surface area contributed by atoms with E-state index in [2.05, 4.69) is 19.0 Å². The van der Waals surface area contributed by atoms with Crippen LogP contribution in [0.15, 0.2) is 23.4 Å². The molecule has 0 aliphatic carbocycles. The molecule has 0 bridgehead atoms. The van der Waals surface area contributed by atoms with Gasteiger partial charge in [0.15, 0.2) is 0 Å². The molecule has 0 aliphatic rings. The molecule has 0 heterocycles. The molecule has 0 fully saturated rings. The van der Waals surface area contributed by atoms with Crippen molar-refractivity contribution in [3.8, 4) is 5.75 Å². The van der Waals surface area contributed by atoms with Crippen LogP contribution in [0.4, 0.5) is 0 Å². The second kappa shape index (κ2) is 13.7. The summed E-state index contributed by atoms with van der Waals surface area (Å²) >= 11 is 0. The highest BCUT2D eigenvalue weighted by atomic mass is 16.4. The van der Waals surface area contributed by atoms with E-state index in [1.807, 2.05) is 19.1 Å². The summed E-state index contributed by atoms with van der Waals surface area (Å²) in [7, 11) is 0. The van der Waals surface area contributed by atoms with E-state index in [9.17, 15) is 10.3 Å². The predicted octanol–water partition coefficient (Wildman–Crippen LogP) is 7.22. The van der Waals surface area contributed by atoms with Gasteiger partial charge in [-0.25, -0.2) is 0 Å². The molecule has 0 spiro atoms. The van der Waals surface area contributed by atoms with E-state index < -0.39 is 0 Å². The topological polar surface area (TPSA) is 52.8 Å². The number of phenols is 1. The minimum Gasteiger partial charge on any atom is -0.507 e. The second-order valence-corrected chi connectivity index (χ2v) is 8.04. The Morgan fingerprint density at radius 1 is 0.885 bits per heavy atom. The Bertz CT molecular complexity index is 523. The third-order valence-corrected chi connectivity index (χ3v) is 5.03. The van der Waals surface area contributed by atoms with Gasteiger partial charge in [0.05, 0.1) is 5.71 Å². The molecule has 1 aromatic rings. The van der Waals surface area contributed by atoms with Gasteiger partial charge in [0.1, 0.15) is 5.75 Å². The Hall–Kier alpha value is -1.51. The van der Waals surface area contributed by atoms with Crippen LogP contribution in [0.25, 0.3) is 0 Å². The normalized spacial score (nSPS) is 12.1. The number of oxime groups is 1. The Morgan fingerprint density at radius 3 is 1.92 bits per heavy atom. The van der Waals surface area contributed by atoms with Crippen molar-refractivity contribution in [2.75, 3.05) is 0 Å². The average Bonchev–Trinajstić information content (AvgIpc) is 2.60. The van der Waals surface area contributed by atoms with Crippen LogP contribution in [0.3, 0.4) is 0 Å². The molecule has 1 rings (SSSR count). The number of aromatic hydroxyl groups is 1. The van der Waals surface area contributed by atoms with E-state index in [0.717, 1.165) is 24.3 Å². The first-order valence-electron chi connectivity index (χ1n) is 10.6. The summed E-state index contributed by atoms with van der Waals surface area (Å²) in [5.74, 6) is 1.05. The molecule has 0 saturated heterocycles. The van der Waals surface area contributed by atoms with Crippen LogP contribution in [0.5, 0.6) is 5.75 Å². The maximum Gasteiger partial charge on any atom is 0.125 e. The van der Waals surface area contributed by atoms with Gasteiger partial charge in [-0.1, -0.05) is 89.3 Å². The smallest absolute Gasteiger partial charge is 0.125 e. The summed E-state index contributed by atoms with van der Waals surface area (Å²) in [5.41, 5.74) is 2.24. The van der Waals surface area contributed by atoms with Crippen LogP contribution in [0.2, 0.25) is 0 Å². The van der Waals surface area contributed by atoms with Gasteiger partial charge in [-0.3, -0.25) is 0 Å².